The van der Waals surface area contributed by atoms with Crippen LogP contribution in [-0.2, 0) is 9.47 Å². The van der Waals surface area contributed by atoms with Gasteiger partial charge in [0, 0.05) is 31.3 Å². The lowest BCUT2D eigenvalue weighted by molar-refractivity contribution is -0.00609. The zero-order valence-corrected chi connectivity index (χ0v) is 33.2. The van der Waals surface area contributed by atoms with Crippen LogP contribution in [0.2, 0.25) is 0 Å². The smallest absolute Gasteiger partial charge is 0.0906 e. The maximum Gasteiger partial charge on any atom is 0.0906 e. The van der Waals surface area contributed by atoms with E-state index < -0.39 is 0 Å². The minimum absolute atomic E-state index is 0.213. The van der Waals surface area contributed by atoms with Crippen LogP contribution in [0.3, 0.4) is 0 Å². The average Bonchev–Trinajstić information content (AvgIpc) is 3.08. The highest BCUT2D eigenvalue weighted by atomic mass is 33.1. The standard InChI is InChI=1S/C42H79NO2S2/c1-4-6-8-10-12-14-16-18-20-22-24-26-28-30-32-34-37-44-40-42(41-47-46-39-36-43-3)45-38-35-33-31-29-27-25-23-21-19-17-15-13-11-9-7-5-2/h12-15,18-21,42-43H,4-11,16-17,22-41H2,1-3H3/b14-12-,15-13-,20-18-,21-19-. The quantitative estimate of drug-likeness (QED) is 0.0393. The molecule has 0 aliphatic rings. The molecule has 276 valence electrons. The maximum atomic E-state index is 6.30. The molecule has 0 saturated carbocycles. The van der Waals surface area contributed by atoms with Gasteiger partial charge < -0.3 is 14.8 Å². The monoisotopic (exact) mass is 694 g/mol. The first-order chi connectivity index (χ1) is 23.3. The second kappa shape index (κ2) is 43.6. The van der Waals surface area contributed by atoms with Crippen LogP contribution < -0.4 is 5.32 Å². The van der Waals surface area contributed by atoms with E-state index in [1.54, 1.807) is 0 Å². The summed E-state index contributed by atoms with van der Waals surface area (Å²) in [5.74, 6) is 2.15. The Balaban J connectivity index is 3.78. The Morgan fingerprint density at radius 1 is 0.511 bits per heavy atom. The van der Waals surface area contributed by atoms with Crippen LogP contribution in [-0.4, -0.2) is 51.0 Å². The van der Waals surface area contributed by atoms with Crippen LogP contribution in [0.4, 0.5) is 0 Å². The van der Waals surface area contributed by atoms with Gasteiger partial charge in [-0.1, -0.05) is 161 Å². The Labute approximate surface area is 302 Å². The van der Waals surface area contributed by atoms with E-state index in [4.69, 9.17) is 9.47 Å². The van der Waals surface area contributed by atoms with E-state index in [1.165, 1.54) is 141 Å². The zero-order chi connectivity index (χ0) is 34.0. The van der Waals surface area contributed by atoms with E-state index in [0.29, 0.717) is 0 Å². The van der Waals surface area contributed by atoms with E-state index in [2.05, 4.69) is 67.8 Å². The Bertz CT molecular complexity index is 694. The largest absolute Gasteiger partial charge is 0.379 e. The third-order valence-electron chi connectivity index (χ3n) is 8.26. The highest BCUT2D eigenvalue weighted by Crippen LogP contribution is 2.22. The molecule has 0 aromatic carbocycles. The van der Waals surface area contributed by atoms with Crippen LogP contribution in [0.15, 0.2) is 48.6 Å². The third-order valence-corrected chi connectivity index (χ3v) is 10.7. The summed E-state index contributed by atoms with van der Waals surface area (Å²) in [7, 11) is 5.90. The summed E-state index contributed by atoms with van der Waals surface area (Å²) in [6.07, 6.45) is 49.8. The second-order valence-electron chi connectivity index (χ2n) is 12.9. The van der Waals surface area contributed by atoms with Gasteiger partial charge in [0.05, 0.1) is 12.7 Å². The van der Waals surface area contributed by atoms with Crippen molar-refractivity contribution in [3.05, 3.63) is 48.6 Å². The summed E-state index contributed by atoms with van der Waals surface area (Å²) in [6.45, 7) is 8.07. The molecule has 1 N–H and O–H groups in total. The van der Waals surface area contributed by atoms with Crippen molar-refractivity contribution in [3.8, 4) is 0 Å². The van der Waals surface area contributed by atoms with Crippen molar-refractivity contribution in [3.63, 3.8) is 0 Å². The van der Waals surface area contributed by atoms with Crippen LogP contribution in [0, 0.1) is 0 Å². The van der Waals surface area contributed by atoms with Crippen molar-refractivity contribution >= 4 is 21.6 Å². The fourth-order valence-electron chi connectivity index (χ4n) is 5.22. The molecule has 0 aromatic heterocycles. The van der Waals surface area contributed by atoms with Crippen LogP contribution >= 0.6 is 21.6 Å². The molecule has 0 bridgehead atoms. The molecule has 0 spiro atoms. The van der Waals surface area contributed by atoms with Crippen molar-refractivity contribution in [2.75, 3.05) is 44.9 Å². The third kappa shape index (κ3) is 41.6. The molecule has 47 heavy (non-hydrogen) atoms. The van der Waals surface area contributed by atoms with Gasteiger partial charge in [-0.25, -0.2) is 0 Å². The van der Waals surface area contributed by atoms with Crippen molar-refractivity contribution in [2.45, 2.75) is 174 Å². The molecule has 1 atom stereocenters. The van der Waals surface area contributed by atoms with Gasteiger partial charge in [0.25, 0.3) is 0 Å². The minimum Gasteiger partial charge on any atom is -0.379 e. The van der Waals surface area contributed by atoms with E-state index in [1.807, 2.05) is 28.6 Å². The fraction of sp³-hybridized carbons (Fsp3) is 0.810. The molecule has 0 aromatic rings. The van der Waals surface area contributed by atoms with Gasteiger partial charge in [-0.3, -0.25) is 0 Å². The Kier molecular flexibility index (Phi) is 43.1. The Morgan fingerprint density at radius 2 is 0.957 bits per heavy atom. The number of nitrogens with one attached hydrogen (secondary N) is 1. The van der Waals surface area contributed by atoms with Crippen LogP contribution in [0.25, 0.3) is 0 Å². The summed E-state index contributed by atoms with van der Waals surface area (Å²) in [5.41, 5.74) is 0. The number of ether oxygens (including phenoxy) is 2. The molecule has 0 amide bonds. The normalized spacial score (nSPS) is 13.0. The summed E-state index contributed by atoms with van der Waals surface area (Å²) in [6, 6.07) is 0. The average molecular weight is 694 g/mol. The fourth-order valence-corrected chi connectivity index (χ4v) is 7.41. The van der Waals surface area contributed by atoms with Gasteiger partial charge >= 0.3 is 0 Å². The van der Waals surface area contributed by atoms with Crippen molar-refractivity contribution in [2.24, 2.45) is 0 Å². The molecule has 3 nitrogen and oxygen atoms in total. The second-order valence-corrected chi connectivity index (χ2v) is 15.6. The van der Waals surface area contributed by atoms with Gasteiger partial charge in [0.1, 0.15) is 0 Å². The van der Waals surface area contributed by atoms with Gasteiger partial charge in [-0.05, 0) is 84.1 Å². The SMILES string of the molecule is CCCCC/C=C\C/C=C\CCCCCCCCOCC(CSSCCNC)OCCCCCCCC/C=C\C/C=C\CCCCC. The molecular weight excluding hydrogens is 615 g/mol. The van der Waals surface area contributed by atoms with Gasteiger partial charge in [0.15, 0.2) is 0 Å². The van der Waals surface area contributed by atoms with Gasteiger partial charge in [-0.15, -0.1) is 0 Å². The molecule has 0 rings (SSSR count). The molecular formula is C42H79NO2S2. The molecule has 5 heteroatoms. The number of hydrogen-bond donors (Lipinski definition) is 1. The zero-order valence-electron chi connectivity index (χ0n) is 31.5. The van der Waals surface area contributed by atoms with E-state index in [-0.39, 0.29) is 6.10 Å². The Hall–Kier alpha value is -0.460. The summed E-state index contributed by atoms with van der Waals surface area (Å²) >= 11 is 0. The highest BCUT2D eigenvalue weighted by Gasteiger charge is 2.10. The van der Waals surface area contributed by atoms with Gasteiger partial charge in [-0.2, -0.15) is 0 Å². The molecule has 0 aliphatic carbocycles. The van der Waals surface area contributed by atoms with Crippen LogP contribution in [0.1, 0.15) is 168 Å². The first-order valence-electron chi connectivity index (χ1n) is 20.0. The molecule has 0 fully saturated rings. The lowest BCUT2D eigenvalue weighted by atomic mass is 10.1. The predicted octanol–water partition coefficient (Wildman–Crippen LogP) is 13.6. The van der Waals surface area contributed by atoms with Crippen LogP contribution in [0.5, 0.6) is 0 Å². The van der Waals surface area contributed by atoms with E-state index in [0.717, 1.165) is 50.7 Å². The molecule has 0 heterocycles. The first-order valence-corrected chi connectivity index (χ1v) is 22.5. The Morgan fingerprint density at radius 3 is 1.45 bits per heavy atom. The summed E-state index contributed by atoms with van der Waals surface area (Å²) in [4.78, 5) is 0. The molecule has 0 aliphatic heterocycles. The lowest BCUT2D eigenvalue weighted by Gasteiger charge is -2.18. The first kappa shape index (κ1) is 46.5. The highest BCUT2D eigenvalue weighted by molar-refractivity contribution is 8.76. The van der Waals surface area contributed by atoms with Crippen molar-refractivity contribution in [1.29, 1.82) is 0 Å². The topological polar surface area (TPSA) is 30.5 Å². The summed E-state index contributed by atoms with van der Waals surface area (Å²) < 4.78 is 12.4. The number of rotatable bonds is 39. The molecule has 0 saturated heterocycles. The van der Waals surface area contributed by atoms with Crippen molar-refractivity contribution in [1.82, 2.24) is 5.32 Å². The molecule has 0 radical (unpaired) electrons. The number of unbranched alkanes of at least 4 members (excludes halogenated alkanes) is 18. The van der Waals surface area contributed by atoms with E-state index >= 15 is 0 Å². The van der Waals surface area contributed by atoms with Crippen molar-refractivity contribution < 1.29 is 9.47 Å². The summed E-state index contributed by atoms with van der Waals surface area (Å²) in [5, 5.41) is 3.23. The lowest BCUT2D eigenvalue weighted by Crippen LogP contribution is -2.23. The number of hydrogen-bond acceptors (Lipinski definition) is 5. The predicted molar refractivity (Wildman–Crippen MR) is 218 cm³/mol. The van der Waals surface area contributed by atoms with Gasteiger partial charge in [0.2, 0.25) is 0 Å². The maximum absolute atomic E-state index is 6.30. The van der Waals surface area contributed by atoms with E-state index in [9.17, 15) is 0 Å². The molecule has 1 unspecified atom stereocenters. The number of allylic oxidation sites excluding steroid dienone is 8. The minimum atomic E-state index is 0.213.